The lowest BCUT2D eigenvalue weighted by Crippen LogP contribution is -2.27. The Bertz CT molecular complexity index is 523. The van der Waals surface area contributed by atoms with E-state index in [-0.39, 0.29) is 6.10 Å². The molecule has 7 nitrogen and oxygen atoms in total. The van der Waals surface area contributed by atoms with Crippen molar-refractivity contribution in [3.63, 3.8) is 0 Å². The molecule has 1 amide bonds. The van der Waals surface area contributed by atoms with Crippen LogP contribution in [0.4, 0.5) is 4.79 Å². The van der Waals surface area contributed by atoms with Gasteiger partial charge in [0.2, 0.25) is 0 Å². The smallest absolute Gasteiger partial charge is 0.404 e. The van der Waals surface area contributed by atoms with E-state index < -0.39 is 16.9 Å². The maximum absolute atomic E-state index is 10.4. The molecule has 0 aliphatic carbocycles. The molecule has 0 aromatic heterocycles. The third kappa shape index (κ3) is 4.24. The molecule has 0 spiro atoms. The highest BCUT2D eigenvalue weighted by atomic mass is 32.3. The highest BCUT2D eigenvalue weighted by Crippen LogP contribution is 2.50. The maximum atomic E-state index is 10.4. The molecule has 0 bridgehead atoms. The summed E-state index contributed by atoms with van der Waals surface area (Å²) >= 11 is 0. The van der Waals surface area contributed by atoms with Gasteiger partial charge >= 0.3 is 6.09 Å². The van der Waals surface area contributed by atoms with E-state index in [2.05, 4.69) is 10.0 Å². The van der Waals surface area contributed by atoms with Crippen molar-refractivity contribution in [2.45, 2.75) is 30.8 Å². The number of ether oxygens (including phenoxy) is 1. The Balaban J connectivity index is 2.08. The number of nitrogens with one attached hydrogen (secondary N) is 2. The van der Waals surface area contributed by atoms with Gasteiger partial charge in [0.25, 0.3) is 0 Å². The molecule has 1 heterocycles. The standard InChI is InChI=1S/C13H20N2O5S/c1-9-8-15-21(18,19)12-5-4-10(7-11(12)20-9)3-2-6-14-13(16)17/h4-5,7,9,14-15,18-19H,2-3,6,8H2,1H3,(H,16,17)/t9-/m1/s1. The van der Waals surface area contributed by atoms with Crippen LogP contribution in [-0.2, 0) is 6.42 Å². The Morgan fingerprint density at radius 1 is 1.52 bits per heavy atom. The summed E-state index contributed by atoms with van der Waals surface area (Å²) in [7, 11) is -3.03. The van der Waals surface area contributed by atoms with Gasteiger partial charge in [-0.05, 0) is 37.5 Å². The van der Waals surface area contributed by atoms with Crippen LogP contribution in [-0.4, -0.2) is 39.5 Å². The van der Waals surface area contributed by atoms with Gasteiger partial charge in [0.15, 0.2) is 0 Å². The van der Waals surface area contributed by atoms with E-state index in [9.17, 15) is 13.9 Å². The third-order valence-electron chi connectivity index (χ3n) is 3.13. The number of amides is 1. The summed E-state index contributed by atoms with van der Waals surface area (Å²) in [6, 6.07) is 5.23. The number of fused-ring (bicyclic) bond motifs is 1. The Morgan fingerprint density at radius 3 is 3.00 bits per heavy atom. The van der Waals surface area contributed by atoms with Crippen LogP contribution in [0.25, 0.3) is 0 Å². The highest BCUT2D eigenvalue weighted by Gasteiger charge is 2.26. The fourth-order valence-electron chi connectivity index (χ4n) is 2.09. The summed E-state index contributed by atoms with van der Waals surface area (Å²) in [5, 5.41) is 10.8. The minimum Gasteiger partial charge on any atom is -0.487 e. The molecular formula is C13H20N2O5S. The van der Waals surface area contributed by atoms with Crippen LogP contribution >= 0.6 is 10.8 Å². The van der Waals surface area contributed by atoms with E-state index in [1.165, 1.54) is 0 Å². The normalized spacial score (nSPS) is 21.6. The first kappa shape index (κ1) is 15.9. The van der Waals surface area contributed by atoms with Gasteiger partial charge in [0, 0.05) is 6.54 Å². The van der Waals surface area contributed by atoms with Crippen LogP contribution in [0, 0.1) is 0 Å². The Morgan fingerprint density at radius 2 is 2.29 bits per heavy atom. The van der Waals surface area contributed by atoms with Crippen LogP contribution in [0.5, 0.6) is 5.75 Å². The molecule has 1 aliphatic heterocycles. The van der Waals surface area contributed by atoms with Crippen molar-refractivity contribution in [2.24, 2.45) is 0 Å². The van der Waals surface area contributed by atoms with Gasteiger partial charge in [-0.15, -0.1) is 10.8 Å². The molecule has 1 aromatic rings. The molecule has 2 rings (SSSR count). The molecule has 0 unspecified atom stereocenters. The highest BCUT2D eigenvalue weighted by molar-refractivity contribution is 8.22. The van der Waals surface area contributed by atoms with Crippen LogP contribution in [0.3, 0.4) is 0 Å². The molecule has 21 heavy (non-hydrogen) atoms. The molecule has 1 aliphatic rings. The second-order valence-corrected chi connectivity index (χ2v) is 6.77. The van der Waals surface area contributed by atoms with Crippen molar-refractivity contribution in [3.05, 3.63) is 23.8 Å². The summed E-state index contributed by atoms with van der Waals surface area (Å²) in [4.78, 5) is 10.7. The van der Waals surface area contributed by atoms with Gasteiger partial charge in [-0.1, -0.05) is 6.07 Å². The predicted octanol–water partition coefficient (Wildman–Crippen LogP) is 2.28. The van der Waals surface area contributed by atoms with Gasteiger partial charge in [-0.3, -0.25) is 9.11 Å². The minimum absolute atomic E-state index is 0.165. The Kier molecular flexibility index (Phi) is 4.94. The summed E-state index contributed by atoms with van der Waals surface area (Å²) in [5.41, 5.74) is 0.963. The number of aryl methyl sites for hydroxylation is 1. The molecular weight excluding hydrogens is 296 g/mol. The van der Waals surface area contributed by atoms with Gasteiger partial charge < -0.3 is 15.2 Å². The first-order chi connectivity index (χ1) is 9.88. The van der Waals surface area contributed by atoms with E-state index in [0.717, 1.165) is 5.56 Å². The summed E-state index contributed by atoms with van der Waals surface area (Å²) in [6.45, 7) is 2.58. The second-order valence-electron chi connectivity index (χ2n) is 4.94. The van der Waals surface area contributed by atoms with Crippen molar-refractivity contribution < 1.29 is 23.7 Å². The second kappa shape index (κ2) is 6.52. The first-order valence-electron chi connectivity index (χ1n) is 6.68. The van der Waals surface area contributed by atoms with Gasteiger partial charge in [0.1, 0.15) is 16.7 Å². The van der Waals surface area contributed by atoms with Crippen molar-refractivity contribution in [1.29, 1.82) is 0 Å². The van der Waals surface area contributed by atoms with E-state index >= 15 is 0 Å². The van der Waals surface area contributed by atoms with Gasteiger partial charge in [0.05, 0.1) is 6.54 Å². The molecule has 1 atom stereocenters. The average Bonchev–Trinajstić information content (AvgIpc) is 2.51. The summed E-state index contributed by atoms with van der Waals surface area (Å²) in [6.07, 6.45) is 0.142. The van der Waals surface area contributed by atoms with Crippen LogP contribution in [0.2, 0.25) is 0 Å². The Hall–Kier alpha value is -1.48. The molecule has 0 saturated carbocycles. The van der Waals surface area contributed by atoms with Crippen molar-refractivity contribution in [1.82, 2.24) is 10.0 Å². The van der Waals surface area contributed by atoms with E-state index in [1.807, 2.05) is 6.92 Å². The molecule has 8 heteroatoms. The predicted molar refractivity (Wildman–Crippen MR) is 80.0 cm³/mol. The Labute approximate surface area is 124 Å². The zero-order valence-corrected chi connectivity index (χ0v) is 12.5. The van der Waals surface area contributed by atoms with E-state index in [4.69, 9.17) is 9.84 Å². The topological polar surface area (TPSA) is 111 Å². The molecule has 1 aromatic carbocycles. The number of rotatable bonds is 4. The first-order valence-corrected chi connectivity index (χ1v) is 8.22. The number of hydrogen-bond acceptors (Lipinski definition) is 5. The van der Waals surface area contributed by atoms with Gasteiger partial charge in [-0.25, -0.2) is 9.52 Å². The SMILES string of the molecule is C[C@@H]1CNS(O)(O)c2ccc(CCCNC(=O)O)cc2O1. The lowest BCUT2D eigenvalue weighted by Gasteiger charge is -2.31. The largest absolute Gasteiger partial charge is 0.487 e. The van der Waals surface area contributed by atoms with Crippen LogP contribution in [0.15, 0.2) is 23.1 Å². The molecule has 0 saturated heterocycles. The van der Waals surface area contributed by atoms with Crippen molar-refractivity contribution in [3.8, 4) is 5.75 Å². The van der Waals surface area contributed by atoms with Crippen LogP contribution in [0.1, 0.15) is 18.9 Å². The summed E-state index contributed by atoms with van der Waals surface area (Å²) < 4.78 is 28.5. The zero-order chi connectivity index (χ0) is 15.5. The monoisotopic (exact) mass is 316 g/mol. The lowest BCUT2D eigenvalue weighted by atomic mass is 10.1. The van der Waals surface area contributed by atoms with E-state index in [1.54, 1.807) is 18.2 Å². The molecule has 0 radical (unpaired) electrons. The fourth-order valence-corrected chi connectivity index (χ4v) is 3.36. The van der Waals surface area contributed by atoms with E-state index in [0.29, 0.717) is 36.6 Å². The number of carbonyl (C=O) groups is 1. The average molecular weight is 316 g/mol. The number of hydrogen-bond donors (Lipinski definition) is 5. The molecule has 118 valence electrons. The fraction of sp³-hybridized carbons (Fsp3) is 0.462. The maximum Gasteiger partial charge on any atom is 0.404 e. The van der Waals surface area contributed by atoms with Crippen molar-refractivity contribution >= 4 is 16.9 Å². The number of carboxylic acid groups (broad SMARTS) is 1. The zero-order valence-electron chi connectivity index (χ0n) is 11.7. The molecule has 0 fully saturated rings. The minimum atomic E-state index is -3.03. The summed E-state index contributed by atoms with van der Waals surface area (Å²) in [5.74, 6) is 0.469. The third-order valence-corrected chi connectivity index (χ3v) is 4.65. The lowest BCUT2D eigenvalue weighted by molar-refractivity contribution is 0.194. The number of benzene rings is 1. The molecule has 5 N–H and O–H groups in total. The van der Waals surface area contributed by atoms with Crippen molar-refractivity contribution in [2.75, 3.05) is 13.1 Å². The van der Waals surface area contributed by atoms with Gasteiger partial charge in [-0.2, -0.15) is 0 Å². The quantitative estimate of drug-likeness (QED) is 0.545. The van der Waals surface area contributed by atoms with Crippen LogP contribution < -0.4 is 14.8 Å².